The van der Waals surface area contributed by atoms with E-state index in [9.17, 15) is 16.8 Å². The molecular weight excluding hydrogens is 288 g/mol. The molecule has 8 heteroatoms. The molecule has 0 aromatic heterocycles. The standard InChI is InChI=1S/C11H24N2O4S2/c1-3-6-12-11-5-4-7-13(10-11)19(16,17)9-8-18(2,14)15/h11-12H,3-10H2,1-2H3. The normalized spacial score (nSPS) is 22.5. The van der Waals surface area contributed by atoms with E-state index in [2.05, 4.69) is 12.2 Å². The molecule has 0 saturated carbocycles. The van der Waals surface area contributed by atoms with Crippen molar-refractivity contribution < 1.29 is 16.8 Å². The maximum atomic E-state index is 12.1. The van der Waals surface area contributed by atoms with E-state index in [0.717, 1.165) is 32.1 Å². The molecule has 0 aromatic rings. The number of nitrogens with one attached hydrogen (secondary N) is 1. The van der Waals surface area contributed by atoms with Gasteiger partial charge in [0.15, 0.2) is 0 Å². The average Bonchev–Trinajstić information content (AvgIpc) is 2.34. The van der Waals surface area contributed by atoms with Gasteiger partial charge in [-0.05, 0) is 25.8 Å². The van der Waals surface area contributed by atoms with Gasteiger partial charge in [0, 0.05) is 25.4 Å². The summed E-state index contributed by atoms with van der Waals surface area (Å²) in [5.74, 6) is -0.620. The van der Waals surface area contributed by atoms with Crippen molar-refractivity contribution in [1.29, 1.82) is 0 Å². The van der Waals surface area contributed by atoms with E-state index in [1.54, 1.807) is 0 Å². The van der Waals surface area contributed by atoms with Crippen molar-refractivity contribution in [2.45, 2.75) is 32.2 Å². The van der Waals surface area contributed by atoms with Gasteiger partial charge in [0.1, 0.15) is 9.84 Å². The highest BCUT2D eigenvalue weighted by Crippen LogP contribution is 2.14. The first-order valence-electron chi connectivity index (χ1n) is 6.63. The van der Waals surface area contributed by atoms with Gasteiger partial charge in [-0.2, -0.15) is 0 Å². The minimum atomic E-state index is -3.46. The van der Waals surface area contributed by atoms with E-state index in [-0.39, 0.29) is 17.5 Å². The minimum Gasteiger partial charge on any atom is -0.313 e. The molecule has 1 unspecified atom stereocenters. The Morgan fingerprint density at radius 1 is 1.21 bits per heavy atom. The molecule has 0 bridgehead atoms. The van der Waals surface area contributed by atoms with Crippen LogP contribution in [0.3, 0.4) is 0 Å². The molecule has 0 radical (unpaired) electrons. The molecule has 1 rings (SSSR count). The number of sulfonamides is 1. The van der Waals surface area contributed by atoms with Crippen LogP contribution < -0.4 is 5.32 Å². The lowest BCUT2D eigenvalue weighted by Gasteiger charge is -2.32. The van der Waals surface area contributed by atoms with Crippen molar-refractivity contribution in [2.75, 3.05) is 37.4 Å². The second-order valence-corrected chi connectivity index (χ2v) is 9.45. The van der Waals surface area contributed by atoms with Gasteiger partial charge in [0.25, 0.3) is 0 Å². The summed E-state index contributed by atoms with van der Waals surface area (Å²) < 4.78 is 47.7. The quantitative estimate of drug-likeness (QED) is 0.705. The van der Waals surface area contributed by atoms with Gasteiger partial charge >= 0.3 is 0 Å². The van der Waals surface area contributed by atoms with Crippen molar-refractivity contribution in [3.8, 4) is 0 Å². The third kappa shape index (κ3) is 6.20. The summed E-state index contributed by atoms with van der Waals surface area (Å²) in [4.78, 5) is 0. The van der Waals surface area contributed by atoms with Crippen molar-refractivity contribution in [3.05, 3.63) is 0 Å². The smallest absolute Gasteiger partial charge is 0.215 e. The molecular formula is C11H24N2O4S2. The molecule has 1 saturated heterocycles. The molecule has 1 aliphatic heterocycles. The molecule has 6 nitrogen and oxygen atoms in total. The van der Waals surface area contributed by atoms with Crippen LogP contribution >= 0.6 is 0 Å². The zero-order valence-corrected chi connectivity index (χ0v) is 13.3. The third-order valence-electron chi connectivity index (χ3n) is 3.17. The number of hydrogen-bond donors (Lipinski definition) is 1. The predicted octanol–water partition coefficient (Wildman–Crippen LogP) is -0.175. The molecule has 1 heterocycles. The second kappa shape index (κ2) is 7.01. The van der Waals surface area contributed by atoms with Crippen LogP contribution in [0.2, 0.25) is 0 Å². The molecule has 0 aromatic carbocycles. The second-order valence-electron chi connectivity index (χ2n) is 5.10. The van der Waals surface area contributed by atoms with E-state index in [0.29, 0.717) is 13.1 Å². The Kier molecular flexibility index (Phi) is 6.22. The summed E-state index contributed by atoms with van der Waals surface area (Å²) in [7, 11) is -6.71. The zero-order valence-electron chi connectivity index (χ0n) is 11.6. The van der Waals surface area contributed by atoms with E-state index in [4.69, 9.17) is 0 Å². The lowest BCUT2D eigenvalue weighted by atomic mass is 10.1. The molecule has 0 amide bonds. The molecule has 19 heavy (non-hydrogen) atoms. The van der Waals surface area contributed by atoms with E-state index < -0.39 is 19.9 Å². The molecule has 0 spiro atoms. The highest BCUT2D eigenvalue weighted by molar-refractivity contribution is 7.93. The monoisotopic (exact) mass is 312 g/mol. The summed E-state index contributed by atoms with van der Waals surface area (Å²) in [6.45, 7) is 3.89. The van der Waals surface area contributed by atoms with Crippen molar-refractivity contribution in [1.82, 2.24) is 9.62 Å². The minimum absolute atomic E-state index is 0.182. The fourth-order valence-corrected chi connectivity index (χ4v) is 5.22. The Morgan fingerprint density at radius 3 is 2.47 bits per heavy atom. The van der Waals surface area contributed by atoms with Gasteiger partial charge in [-0.3, -0.25) is 0 Å². The Balaban J connectivity index is 2.57. The molecule has 0 aliphatic carbocycles. The number of sulfone groups is 1. The molecule has 1 fully saturated rings. The van der Waals surface area contributed by atoms with Gasteiger partial charge in [0.05, 0.1) is 11.5 Å². The zero-order chi connectivity index (χ0) is 14.5. The Labute approximate surface area is 116 Å². The maximum absolute atomic E-state index is 12.1. The largest absolute Gasteiger partial charge is 0.313 e. The number of hydrogen-bond acceptors (Lipinski definition) is 5. The predicted molar refractivity (Wildman–Crippen MR) is 76.4 cm³/mol. The Bertz CT molecular complexity index is 473. The van der Waals surface area contributed by atoms with E-state index >= 15 is 0 Å². The van der Waals surface area contributed by atoms with Gasteiger partial charge in [-0.25, -0.2) is 21.1 Å². The first-order chi connectivity index (χ1) is 8.74. The van der Waals surface area contributed by atoms with Gasteiger partial charge in [0.2, 0.25) is 10.0 Å². The first kappa shape index (κ1) is 16.9. The summed E-state index contributed by atoms with van der Waals surface area (Å²) in [6.07, 6.45) is 3.86. The summed E-state index contributed by atoms with van der Waals surface area (Å²) in [5.41, 5.74) is 0. The lowest BCUT2D eigenvalue weighted by Crippen LogP contribution is -2.49. The van der Waals surface area contributed by atoms with Crippen LogP contribution in [0.4, 0.5) is 0 Å². The van der Waals surface area contributed by atoms with Crippen LogP contribution in [-0.4, -0.2) is 64.6 Å². The highest BCUT2D eigenvalue weighted by atomic mass is 32.2. The van der Waals surface area contributed by atoms with Gasteiger partial charge in [-0.1, -0.05) is 6.92 Å². The first-order valence-corrected chi connectivity index (χ1v) is 10.3. The molecule has 1 N–H and O–H groups in total. The lowest BCUT2D eigenvalue weighted by molar-refractivity contribution is 0.284. The molecule has 1 atom stereocenters. The van der Waals surface area contributed by atoms with Gasteiger partial charge < -0.3 is 5.32 Å². The summed E-state index contributed by atoms with van der Waals surface area (Å²) in [5, 5.41) is 3.32. The highest BCUT2D eigenvalue weighted by Gasteiger charge is 2.29. The van der Waals surface area contributed by atoms with Crippen LogP contribution in [0.25, 0.3) is 0 Å². The summed E-state index contributed by atoms with van der Waals surface area (Å²) in [6, 6.07) is 0.182. The van der Waals surface area contributed by atoms with Crippen LogP contribution in [0.5, 0.6) is 0 Å². The topological polar surface area (TPSA) is 83.6 Å². The maximum Gasteiger partial charge on any atom is 0.215 e. The Morgan fingerprint density at radius 2 is 1.89 bits per heavy atom. The number of rotatable bonds is 7. The van der Waals surface area contributed by atoms with Crippen molar-refractivity contribution >= 4 is 19.9 Å². The average molecular weight is 312 g/mol. The third-order valence-corrected chi connectivity index (χ3v) is 6.22. The Hall–Kier alpha value is -0.180. The van der Waals surface area contributed by atoms with Crippen LogP contribution in [0, 0.1) is 0 Å². The molecule has 1 aliphatic rings. The molecule has 114 valence electrons. The fraction of sp³-hybridized carbons (Fsp3) is 1.00. The van der Waals surface area contributed by atoms with Crippen molar-refractivity contribution in [2.24, 2.45) is 0 Å². The van der Waals surface area contributed by atoms with Crippen LogP contribution in [-0.2, 0) is 19.9 Å². The summed E-state index contributed by atoms with van der Waals surface area (Å²) >= 11 is 0. The van der Waals surface area contributed by atoms with Gasteiger partial charge in [-0.15, -0.1) is 0 Å². The van der Waals surface area contributed by atoms with Crippen LogP contribution in [0.15, 0.2) is 0 Å². The number of piperidine rings is 1. The van der Waals surface area contributed by atoms with E-state index in [1.807, 2.05) is 0 Å². The van der Waals surface area contributed by atoms with Crippen LogP contribution in [0.1, 0.15) is 26.2 Å². The SMILES string of the molecule is CCCNC1CCCN(S(=O)(=O)CCS(C)(=O)=O)C1. The number of nitrogens with zero attached hydrogens (tertiary/aromatic N) is 1. The fourth-order valence-electron chi connectivity index (χ4n) is 2.10. The van der Waals surface area contributed by atoms with Crippen molar-refractivity contribution in [3.63, 3.8) is 0 Å². The van der Waals surface area contributed by atoms with E-state index in [1.165, 1.54) is 4.31 Å².